The number of phenolic OH excluding ortho intramolecular Hbond substituents is 1. The number of hydrogen-bond donors (Lipinski definition) is 2. The van der Waals surface area contributed by atoms with E-state index in [9.17, 15) is 9.90 Å². The van der Waals surface area contributed by atoms with E-state index in [1.165, 1.54) is 6.92 Å². The van der Waals surface area contributed by atoms with Crippen molar-refractivity contribution in [1.82, 2.24) is 10.3 Å². The van der Waals surface area contributed by atoms with Crippen LogP contribution in [0.5, 0.6) is 5.75 Å². The first-order valence-corrected chi connectivity index (χ1v) is 7.37. The topological polar surface area (TPSA) is 62.2 Å². The lowest BCUT2D eigenvalue weighted by Crippen LogP contribution is -2.18. The SMILES string of the molecule is CC(=O)NCc1ccc(-c2nc3ccccc3s2)c(O)c1. The van der Waals surface area contributed by atoms with Crippen LogP contribution in [0.25, 0.3) is 20.8 Å². The summed E-state index contributed by atoms with van der Waals surface area (Å²) in [5.41, 5.74) is 2.49. The Labute approximate surface area is 126 Å². The predicted molar refractivity (Wildman–Crippen MR) is 84.2 cm³/mol. The first-order valence-electron chi connectivity index (χ1n) is 6.56. The van der Waals surface area contributed by atoms with Crippen LogP contribution in [-0.4, -0.2) is 16.0 Å². The van der Waals surface area contributed by atoms with E-state index in [1.54, 1.807) is 17.4 Å². The molecule has 2 aromatic carbocycles. The smallest absolute Gasteiger partial charge is 0.217 e. The van der Waals surface area contributed by atoms with Crippen molar-refractivity contribution < 1.29 is 9.90 Å². The maximum atomic E-state index is 10.9. The maximum Gasteiger partial charge on any atom is 0.217 e. The summed E-state index contributed by atoms with van der Waals surface area (Å²) in [5, 5.41) is 13.7. The Balaban J connectivity index is 1.93. The van der Waals surface area contributed by atoms with E-state index in [4.69, 9.17) is 0 Å². The van der Waals surface area contributed by atoms with E-state index in [0.717, 1.165) is 20.8 Å². The van der Waals surface area contributed by atoms with Crippen LogP contribution >= 0.6 is 11.3 Å². The van der Waals surface area contributed by atoms with Crippen LogP contribution in [0.3, 0.4) is 0 Å². The zero-order chi connectivity index (χ0) is 14.8. The van der Waals surface area contributed by atoms with E-state index in [-0.39, 0.29) is 11.7 Å². The zero-order valence-corrected chi connectivity index (χ0v) is 12.3. The highest BCUT2D eigenvalue weighted by Gasteiger charge is 2.10. The summed E-state index contributed by atoms with van der Waals surface area (Å²) in [6.07, 6.45) is 0. The number of para-hydroxylation sites is 1. The summed E-state index contributed by atoms with van der Waals surface area (Å²) in [6.45, 7) is 1.87. The molecule has 0 unspecified atom stereocenters. The number of fused-ring (bicyclic) bond motifs is 1. The minimum absolute atomic E-state index is 0.0928. The Bertz CT molecular complexity index is 778. The number of hydrogen-bond acceptors (Lipinski definition) is 4. The molecule has 0 fully saturated rings. The Morgan fingerprint density at radius 3 is 2.81 bits per heavy atom. The molecule has 0 spiro atoms. The van der Waals surface area contributed by atoms with Crippen molar-refractivity contribution >= 4 is 27.5 Å². The van der Waals surface area contributed by atoms with Crippen molar-refractivity contribution in [3.63, 3.8) is 0 Å². The molecule has 3 aromatic rings. The monoisotopic (exact) mass is 298 g/mol. The number of thiazole rings is 1. The molecule has 0 aliphatic heterocycles. The highest BCUT2D eigenvalue weighted by molar-refractivity contribution is 7.21. The molecular formula is C16H14N2O2S. The van der Waals surface area contributed by atoms with Gasteiger partial charge in [-0.3, -0.25) is 4.79 Å². The molecule has 1 aromatic heterocycles. The highest BCUT2D eigenvalue weighted by atomic mass is 32.1. The second-order valence-electron chi connectivity index (χ2n) is 4.75. The third-order valence-electron chi connectivity index (χ3n) is 3.13. The number of carbonyl (C=O) groups excluding carboxylic acids is 1. The van der Waals surface area contributed by atoms with Gasteiger partial charge in [0.2, 0.25) is 5.91 Å². The number of aromatic nitrogens is 1. The zero-order valence-electron chi connectivity index (χ0n) is 11.5. The number of phenols is 1. The molecule has 2 N–H and O–H groups in total. The first-order chi connectivity index (χ1) is 10.1. The fourth-order valence-corrected chi connectivity index (χ4v) is 3.08. The Morgan fingerprint density at radius 2 is 2.10 bits per heavy atom. The molecule has 5 heteroatoms. The number of amides is 1. The van der Waals surface area contributed by atoms with Crippen LogP contribution in [-0.2, 0) is 11.3 Å². The van der Waals surface area contributed by atoms with Crippen LogP contribution in [0, 0.1) is 0 Å². The lowest BCUT2D eigenvalue weighted by atomic mass is 10.1. The van der Waals surface area contributed by atoms with Crippen LogP contribution in [0.2, 0.25) is 0 Å². The minimum Gasteiger partial charge on any atom is -0.507 e. The quantitative estimate of drug-likeness (QED) is 0.780. The molecular weight excluding hydrogens is 284 g/mol. The van der Waals surface area contributed by atoms with Gasteiger partial charge in [-0.1, -0.05) is 18.2 Å². The van der Waals surface area contributed by atoms with E-state index < -0.39 is 0 Å². The van der Waals surface area contributed by atoms with Gasteiger partial charge in [-0.05, 0) is 29.8 Å². The molecule has 0 aliphatic rings. The summed E-state index contributed by atoms with van der Waals surface area (Å²) in [6, 6.07) is 13.3. The number of nitrogens with zero attached hydrogens (tertiary/aromatic N) is 1. The molecule has 3 rings (SSSR count). The third kappa shape index (κ3) is 2.87. The van der Waals surface area contributed by atoms with Crippen molar-refractivity contribution in [2.45, 2.75) is 13.5 Å². The number of aromatic hydroxyl groups is 1. The predicted octanol–water partition coefficient (Wildman–Crippen LogP) is 3.31. The van der Waals surface area contributed by atoms with E-state index in [1.807, 2.05) is 36.4 Å². The van der Waals surface area contributed by atoms with Gasteiger partial charge in [-0.25, -0.2) is 4.98 Å². The summed E-state index contributed by atoms with van der Waals surface area (Å²) in [4.78, 5) is 15.4. The van der Waals surface area contributed by atoms with E-state index in [0.29, 0.717) is 12.1 Å². The number of nitrogens with one attached hydrogen (secondary N) is 1. The lowest BCUT2D eigenvalue weighted by molar-refractivity contribution is -0.119. The van der Waals surface area contributed by atoms with Gasteiger partial charge in [0.25, 0.3) is 0 Å². The van der Waals surface area contributed by atoms with Crippen LogP contribution < -0.4 is 5.32 Å². The van der Waals surface area contributed by atoms with Gasteiger partial charge in [0, 0.05) is 13.5 Å². The first kappa shape index (κ1) is 13.6. The Hall–Kier alpha value is -2.40. The van der Waals surface area contributed by atoms with Crippen LogP contribution in [0.1, 0.15) is 12.5 Å². The molecule has 1 heterocycles. The fourth-order valence-electron chi connectivity index (χ4n) is 2.08. The molecule has 0 aliphatic carbocycles. The summed E-state index contributed by atoms with van der Waals surface area (Å²) in [5.74, 6) is 0.0849. The molecule has 21 heavy (non-hydrogen) atoms. The van der Waals surface area contributed by atoms with Crippen LogP contribution in [0.15, 0.2) is 42.5 Å². The lowest BCUT2D eigenvalue weighted by Gasteiger charge is -2.06. The fraction of sp³-hybridized carbons (Fsp3) is 0.125. The maximum absolute atomic E-state index is 10.9. The summed E-state index contributed by atoms with van der Waals surface area (Å²) >= 11 is 1.55. The molecule has 0 atom stereocenters. The van der Waals surface area contributed by atoms with Gasteiger partial charge in [0.1, 0.15) is 10.8 Å². The Kier molecular flexibility index (Phi) is 3.58. The third-order valence-corrected chi connectivity index (χ3v) is 4.20. The van der Waals surface area contributed by atoms with Crippen molar-refractivity contribution in [3.8, 4) is 16.3 Å². The highest BCUT2D eigenvalue weighted by Crippen LogP contribution is 2.35. The van der Waals surface area contributed by atoms with Gasteiger partial charge < -0.3 is 10.4 Å². The van der Waals surface area contributed by atoms with Crippen molar-refractivity contribution in [1.29, 1.82) is 0 Å². The van der Waals surface area contributed by atoms with E-state index in [2.05, 4.69) is 10.3 Å². The van der Waals surface area contributed by atoms with Crippen molar-refractivity contribution in [3.05, 3.63) is 48.0 Å². The Morgan fingerprint density at radius 1 is 1.29 bits per heavy atom. The van der Waals surface area contributed by atoms with Gasteiger partial charge in [-0.2, -0.15) is 0 Å². The van der Waals surface area contributed by atoms with Gasteiger partial charge in [0.05, 0.1) is 15.8 Å². The second-order valence-corrected chi connectivity index (χ2v) is 5.78. The standard InChI is InChI=1S/C16H14N2O2S/c1-10(19)17-9-11-6-7-12(14(20)8-11)16-18-13-4-2-3-5-15(13)21-16/h2-8,20H,9H2,1H3,(H,17,19). The van der Waals surface area contributed by atoms with Crippen molar-refractivity contribution in [2.75, 3.05) is 0 Å². The largest absolute Gasteiger partial charge is 0.507 e. The molecule has 0 bridgehead atoms. The van der Waals surface area contributed by atoms with Crippen molar-refractivity contribution in [2.24, 2.45) is 0 Å². The molecule has 0 saturated carbocycles. The van der Waals surface area contributed by atoms with Gasteiger partial charge in [-0.15, -0.1) is 11.3 Å². The molecule has 1 amide bonds. The average molecular weight is 298 g/mol. The van der Waals surface area contributed by atoms with E-state index >= 15 is 0 Å². The molecule has 0 radical (unpaired) electrons. The normalized spacial score (nSPS) is 10.7. The number of benzene rings is 2. The summed E-state index contributed by atoms with van der Waals surface area (Å²) in [7, 11) is 0. The summed E-state index contributed by atoms with van der Waals surface area (Å²) < 4.78 is 1.09. The second kappa shape index (κ2) is 5.54. The molecule has 0 saturated heterocycles. The minimum atomic E-state index is -0.0928. The average Bonchev–Trinajstić information content (AvgIpc) is 2.88. The number of carbonyl (C=O) groups is 1. The van der Waals surface area contributed by atoms with Crippen LogP contribution in [0.4, 0.5) is 0 Å². The van der Waals surface area contributed by atoms with Gasteiger partial charge in [0.15, 0.2) is 0 Å². The molecule has 106 valence electrons. The number of rotatable bonds is 3. The molecule has 4 nitrogen and oxygen atoms in total. The van der Waals surface area contributed by atoms with Gasteiger partial charge >= 0.3 is 0 Å².